The zero-order chi connectivity index (χ0) is 13.9. The SMILES string of the molecule is Cc1cc(Br)ccc1C(=O)N(CC(=O)O)C(C)C. The summed E-state index contributed by atoms with van der Waals surface area (Å²) in [7, 11) is 0. The molecule has 0 atom stereocenters. The van der Waals surface area contributed by atoms with Crippen LogP contribution in [0.3, 0.4) is 0 Å². The van der Waals surface area contributed by atoms with Crippen LogP contribution >= 0.6 is 15.9 Å². The van der Waals surface area contributed by atoms with Gasteiger partial charge in [-0.1, -0.05) is 15.9 Å². The predicted molar refractivity (Wildman–Crippen MR) is 72.7 cm³/mol. The highest BCUT2D eigenvalue weighted by Crippen LogP contribution is 2.18. The smallest absolute Gasteiger partial charge is 0.323 e. The molecule has 0 unspecified atom stereocenters. The molecular weight excluding hydrogens is 298 g/mol. The van der Waals surface area contributed by atoms with E-state index in [1.165, 1.54) is 4.90 Å². The number of nitrogens with zero attached hydrogens (tertiary/aromatic N) is 1. The molecule has 5 heteroatoms. The minimum absolute atomic E-state index is 0.156. The first-order valence-corrected chi connectivity index (χ1v) is 6.41. The molecule has 0 spiro atoms. The topological polar surface area (TPSA) is 57.6 Å². The zero-order valence-electron chi connectivity index (χ0n) is 10.6. The Bertz CT molecular complexity index is 471. The summed E-state index contributed by atoms with van der Waals surface area (Å²) in [6.07, 6.45) is 0. The highest BCUT2D eigenvalue weighted by atomic mass is 79.9. The third kappa shape index (κ3) is 3.57. The van der Waals surface area contributed by atoms with Gasteiger partial charge in [0.25, 0.3) is 5.91 Å². The quantitative estimate of drug-likeness (QED) is 0.929. The summed E-state index contributed by atoms with van der Waals surface area (Å²) in [6.45, 7) is 5.15. The molecule has 0 heterocycles. The lowest BCUT2D eigenvalue weighted by Gasteiger charge is -2.25. The van der Waals surface area contributed by atoms with Crippen LogP contribution in [0, 0.1) is 6.92 Å². The lowest BCUT2D eigenvalue weighted by molar-refractivity contribution is -0.138. The third-order valence-corrected chi connectivity index (χ3v) is 3.10. The Kier molecular flexibility index (Phi) is 4.90. The third-order valence-electron chi connectivity index (χ3n) is 2.61. The van der Waals surface area contributed by atoms with Gasteiger partial charge in [0.2, 0.25) is 0 Å². The van der Waals surface area contributed by atoms with Crippen molar-refractivity contribution in [3.8, 4) is 0 Å². The molecule has 0 aliphatic heterocycles. The van der Waals surface area contributed by atoms with E-state index in [-0.39, 0.29) is 18.5 Å². The number of hydrogen-bond donors (Lipinski definition) is 1. The maximum absolute atomic E-state index is 12.3. The second-order valence-corrected chi connectivity index (χ2v) is 5.30. The monoisotopic (exact) mass is 313 g/mol. The predicted octanol–water partition coefficient (Wildman–Crippen LogP) is 2.69. The van der Waals surface area contributed by atoms with Crippen molar-refractivity contribution in [3.05, 3.63) is 33.8 Å². The number of benzene rings is 1. The molecule has 0 saturated carbocycles. The molecule has 1 aromatic carbocycles. The summed E-state index contributed by atoms with van der Waals surface area (Å²) >= 11 is 3.33. The van der Waals surface area contributed by atoms with Crippen LogP contribution in [-0.2, 0) is 4.79 Å². The molecule has 0 saturated heterocycles. The number of hydrogen-bond acceptors (Lipinski definition) is 2. The van der Waals surface area contributed by atoms with Crippen molar-refractivity contribution < 1.29 is 14.7 Å². The van der Waals surface area contributed by atoms with Crippen LogP contribution in [0.15, 0.2) is 22.7 Å². The van der Waals surface area contributed by atoms with Gasteiger partial charge >= 0.3 is 5.97 Å². The van der Waals surface area contributed by atoms with Gasteiger partial charge in [-0.2, -0.15) is 0 Å². The largest absolute Gasteiger partial charge is 0.480 e. The van der Waals surface area contributed by atoms with Crippen molar-refractivity contribution in [1.29, 1.82) is 0 Å². The van der Waals surface area contributed by atoms with Crippen LogP contribution in [0.5, 0.6) is 0 Å². The minimum Gasteiger partial charge on any atom is -0.480 e. The van der Waals surface area contributed by atoms with Crippen LogP contribution in [0.1, 0.15) is 29.8 Å². The highest BCUT2D eigenvalue weighted by Gasteiger charge is 2.22. The second kappa shape index (κ2) is 6.00. The van der Waals surface area contributed by atoms with E-state index in [1.807, 2.05) is 13.0 Å². The van der Waals surface area contributed by atoms with E-state index in [1.54, 1.807) is 26.0 Å². The fourth-order valence-electron chi connectivity index (χ4n) is 1.66. The number of halogens is 1. The van der Waals surface area contributed by atoms with Gasteiger partial charge in [-0.05, 0) is 44.5 Å². The van der Waals surface area contributed by atoms with Gasteiger partial charge in [0.1, 0.15) is 6.54 Å². The van der Waals surface area contributed by atoms with Crippen LogP contribution in [-0.4, -0.2) is 34.5 Å². The second-order valence-electron chi connectivity index (χ2n) is 4.38. The molecule has 1 aromatic rings. The molecule has 0 aromatic heterocycles. The van der Waals surface area contributed by atoms with E-state index in [9.17, 15) is 9.59 Å². The Morgan fingerprint density at radius 1 is 1.39 bits per heavy atom. The van der Waals surface area contributed by atoms with Crippen LogP contribution in [0.25, 0.3) is 0 Å². The van der Waals surface area contributed by atoms with Crippen LogP contribution in [0.4, 0.5) is 0 Å². The van der Waals surface area contributed by atoms with Crippen molar-refractivity contribution >= 4 is 27.8 Å². The minimum atomic E-state index is -1.01. The van der Waals surface area contributed by atoms with Gasteiger partial charge in [0.05, 0.1) is 0 Å². The molecule has 1 N–H and O–H groups in total. The Labute approximate surface area is 115 Å². The lowest BCUT2D eigenvalue weighted by Crippen LogP contribution is -2.40. The van der Waals surface area contributed by atoms with E-state index in [0.29, 0.717) is 5.56 Å². The number of amides is 1. The summed E-state index contributed by atoms with van der Waals surface area (Å²) in [4.78, 5) is 24.4. The summed E-state index contributed by atoms with van der Waals surface area (Å²) in [6, 6.07) is 5.17. The van der Waals surface area contributed by atoms with Gasteiger partial charge in [0.15, 0.2) is 0 Å². The summed E-state index contributed by atoms with van der Waals surface area (Å²) in [5.41, 5.74) is 1.36. The first-order chi connectivity index (χ1) is 8.32. The van der Waals surface area contributed by atoms with Gasteiger partial charge in [-0.15, -0.1) is 0 Å². The molecule has 0 fully saturated rings. The van der Waals surface area contributed by atoms with Crippen LogP contribution < -0.4 is 0 Å². The van der Waals surface area contributed by atoms with Crippen LogP contribution in [0.2, 0.25) is 0 Å². The molecule has 98 valence electrons. The number of rotatable bonds is 4. The van der Waals surface area contributed by atoms with Crippen molar-refractivity contribution in [2.75, 3.05) is 6.54 Å². The number of carboxylic acids is 1. The normalized spacial score (nSPS) is 10.5. The standard InChI is InChI=1S/C13H16BrNO3/c1-8(2)15(7-12(16)17)13(18)11-5-4-10(14)6-9(11)3/h4-6,8H,7H2,1-3H3,(H,16,17). The van der Waals surface area contributed by atoms with Crippen molar-refractivity contribution in [2.45, 2.75) is 26.8 Å². The average molecular weight is 314 g/mol. The van der Waals surface area contributed by atoms with Gasteiger partial charge in [-0.25, -0.2) is 0 Å². The molecule has 1 rings (SSSR count). The highest BCUT2D eigenvalue weighted by molar-refractivity contribution is 9.10. The summed E-state index contributed by atoms with van der Waals surface area (Å²) in [5, 5.41) is 8.84. The fraction of sp³-hybridized carbons (Fsp3) is 0.385. The van der Waals surface area contributed by atoms with E-state index in [4.69, 9.17) is 5.11 Å². The molecular formula is C13H16BrNO3. The average Bonchev–Trinajstić information content (AvgIpc) is 2.24. The van der Waals surface area contributed by atoms with E-state index >= 15 is 0 Å². The maximum atomic E-state index is 12.3. The molecule has 1 amide bonds. The number of carbonyl (C=O) groups excluding carboxylic acids is 1. The molecule has 0 aliphatic carbocycles. The maximum Gasteiger partial charge on any atom is 0.323 e. The number of carboxylic acid groups (broad SMARTS) is 1. The van der Waals surface area contributed by atoms with Gasteiger partial charge < -0.3 is 10.0 Å². The number of carbonyl (C=O) groups is 2. The molecule has 18 heavy (non-hydrogen) atoms. The van der Waals surface area contributed by atoms with E-state index in [0.717, 1.165) is 10.0 Å². The first kappa shape index (κ1) is 14.7. The van der Waals surface area contributed by atoms with Crippen molar-refractivity contribution in [1.82, 2.24) is 4.90 Å². The van der Waals surface area contributed by atoms with E-state index in [2.05, 4.69) is 15.9 Å². The molecule has 4 nitrogen and oxygen atoms in total. The van der Waals surface area contributed by atoms with E-state index < -0.39 is 5.97 Å². The number of aryl methyl sites for hydroxylation is 1. The Hall–Kier alpha value is -1.36. The molecule has 0 bridgehead atoms. The van der Waals surface area contributed by atoms with Crippen molar-refractivity contribution in [2.24, 2.45) is 0 Å². The fourth-order valence-corrected chi connectivity index (χ4v) is 2.13. The molecule has 0 aliphatic rings. The summed E-state index contributed by atoms with van der Waals surface area (Å²) < 4.78 is 0.894. The van der Waals surface area contributed by atoms with Gasteiger partial charge in [0, 0.05) is 16.1 Å². The number of aliphatic carboxylic acids is 1. The van der Waals surface area contributed by atoms with Gasteiger partial charge in [-0.3, -0.25) is 9.59 Å². The molecule has 0 radical (unpaired) electrons. The van der Waals surface area contributed by atoms with Crippen molar-refractivity contribution in [3.63, 3.8) is 0 Å². The lowest BCUT2D eigenvalue weighted by atomic mass is 10.1. The Balaban J connectivity index is 3.05. The first-order valence-electron chi connectivity index (χ1n) is 5.62. The Morgan fingerprint density at radius 2 is 2.00 bits per heavy atom. The zero-order valence-corrected chi connectivity index (χ0v) is 12.2. The Morgan fingerprint density at radius 3 is 2.44 bits per heavy atom. The summed E-state index contributed by atoms with van der Waals surface area (Å²) in [5.74, 6) is -1.26.